The second kappa shape index (κ2) is 7.52. The average molecular weight is 377 g/mol. The zero-order valence-electron chi connectivity index (χ0n) is 14.1. The highest BCUT2D eigenvalue weighted by atomic mass is 32.1. The van der Waals surface area contributed by atoms with E-state index in [0.717, 1.165) is 30.1 Å². The van der Waals surface area contributed by atoms with Gasteiger partial charge in [0.2, 0.25) is 0 Å². The smallest absolute Gasteiger partial charge is 0.404 e. The first-order valence-electron chi connectivity index (χ1n) is 8.00. The van der Waals surface area contributed by atoms with Crippen LogP contribution in [0.2, 0.25) is 0 Å². The van der Waals surface area contributed by atoms with E-state index in [-0.39, 0.29) is 17.6 Å². The van der Waals surface area contributed by atoms with Crippen LogP contribution >= 0.6 is 11.5 Å². The van der Waals surface area contributed by atoms with Crippen LogP contribution in [-0.4, -0.2) is 45.5 Å². The van der Waals surface area contributed by atoms with Gasteiger partial charge in [-0.1, -0.05) is 0 Å². The summed E-state index contributed by atoms with van der Waals surface area (Å²) < 4.78 is 9.27. The molecule has 0 radical (unpaired) electrons. The van der Waals surface area contributed by atoms with E-state index in [1.165, 1.54) is 17.7 Å². The van der Waals surface area contributed by atoms with E-state index in [1.54, 1.807) is 0 Å². The van der Waals surface area contributed by atoms with Crippen molar-refractivity contribution in [2.45, 2.75) is 25.9 Å². The van der Waals surface area contributed by atoms with Gasteiger partial charge in [-0.05, 0) is 37.4 Å². The molecule has 2 aromatic heterocycles. The lowest BCUT2D eigenvalue weighted by molar-refractivity contribution is 0.0960. The number of rotatable bonds is 5. The summed E-state index contributed by atoms with van der Waals surface area (Å²) >= 11 is 1.25. The van der Waals surface area contributed by atoms with Crippen LogP contribution in [0.5, 0.6) is 0 Å². The topological polar surface area (TPSA) is 149 Å². The molecule has 2 aromatic rings. The van der Waals surface area contributed by atoms with Crippen LogP contribution in [0.3, 0.4) is 0 Å². The normalized spacial score (nSPS) is 17.0. The van der Waals surface area contributed by atoms with Gasteiger partial charge in [0.25, 0.3) is 5.91 Å². The van der Waals surface area contributed by atoms with Gasteiger partial charge in [-0.25, -0.2) is 14.8 Å². The van der Waals surface area contributed by atoms with E-state index in [4.69, 9.17) is 16.2 Å². The molecule has 0 saturated carbocycles. The zero-order valence-corrected chi connectivity index (χ0v) is 15.0. The third kappa shape index (κ3) is 4.17. The third-order valence-corrected chi connectivity index (χ3v) is 4.64. The molecule has 0 spiro atoms. The fourth-order valence-electron chi connectivity index (χ4n) is 2.75. The highest BCUT2D eigenvalue weighted by Gasteiger charge is 2.25. The van der Waals surface area contributed by atoms with Crippen LogP contribution in [0, 0.1) is 6.92 Å². The Hall–Kier alpha value is -2.95. The molecule has 2 amide bonds. The number of primary amides is 2. The minimum Gasteiger partial charge on any atom is -0.445 e. The van der Waals surface area contributed by atoms with Crippen LogP contribution < -0.4 is 21.7 Å². The number of ether oxygens (including phenoxy) is 1. The van der Waals surface area contributed by atoms with Gasteiger partial charge in [0, 0.05) is 6.54 Å². The van der Waals surface area contributed by atoms with Crippen LogP contribution in [0.15, 0.2) is 12.3 Å². The molecule has 0 bridgehead atoms. The van der Waals surface area contributed by atoms with Gasteiger partial charge in [-0.15, -0.1) is 0 Å². The predicted molar refractivity (Wildman–Crippen MR) is 96.6 cm³/mol. The summed E-state index contributed by atoms with van der Waals surface area (Å²) in [5, 5.41) is 3.77. The SMILES string of the molecule is Cc1cc(Nc2nc(N3CCCC(OC(N)=O)C3)cnc2C(N)=O)sn1. The molecule has 1 saturated heterocycles. The van der Waals surface area contributed by atoms with E-state index in [1.807, 2.05) is 17.9 Å². The summed E-state index contributed by atoms with van der Waals surface area (Å²) in [6, 6.07) is 1.83. The Morgan fingerprint density at radius 2 is 2.23 bits per heavy atom. The van der Waals surface area contributed by atoms with Crippen molar-refractivity contribution in [3.63, 3.8) is 0 Å². The van der Waals surface area contributed by atoms with E-state index < -0.39 is 12.0 Å². The zero-order chi connectivity index (χ0) is 18.7. The quantitative estimate of drug-likeness (QED) is 0.702. The predicted octanol–water partition coefficient (Wildman–Crippen LogP) is 1.15. The largest absolute Gasteiger partial charge is 0.445 e. The standard InChI is InChI=1S/C15H19N7O3S/c1-8-5-11(26-21-8)20-14-12(13(16)23)18-6-10(19-14)22-4-2-3-9(7-22)25-15(17)24/h5-6,9H,2-4,7H2,1H3,(H2,16,23)(H2,17,24)(H,19,20). The number of anilines is 3. The summed E-state index contributed by atoms with van der Waals surface area (Å²) in [5.74, 6) is 0.134. The summed E-state index contributed by atoms with van der Waals surface area (Å²) in [6.07, 6.45) is 1.93. The number of nitrogens with two attached hydrogens (primary N) is 2. The molecule has 0 aromatic carbocycles. The lowest BCUT2D eigenvalue weighted by Gasteiger charge is -2.32. The fraction of sp³-hybridized carbons (Fsp3) is 0.400. The monoisotopic (exact) mass is 377 g/mol. The molecule has 0 aliphatic carbocycles. The first kappa shape index (κ1) is 17.9. The summed E-state index contributed by atoms with van der Waals surface area (Å²) in [7, 11) is 0. The Labute approximate surface area is 153 Å². The Bertz CT molecular complexity index is 825. The van der Waals surface area contributed by atoms with Crippen molar-refractivity contribution in [1.82, 2.24) is 14.3 Å². The molecular formula is C15H19N7O3S. The maximum absolute atomic E-state index is 11.7. The number of carbonyl (C=O) groups is 2. The number of amides is 2. The molecule has 5 N–H and O–H groups in total. The number of piperidine rings is 1. The van der Waals surface area contributed by atoms with Gasteiger partial charge in [-0.2, -0.15) is 4.37 Å². The molecule has 1 unspecified atom stereocenters. The second-order valence-electron chi connectivity index (χ2n) is 5.89. The lowest BCUT2D eigenvalue weighted by Crippen LogP contribution is -2.42. The number of hydrogen-bond acceptors (Lipinski definition) is 9. The van der Waals surface area contributed by atoms with Crippen LogP contribution in [-0.2, 0) is 4.74 Å². The van der Waals surface area contributed by atoms with Crippen LogP contribution in [0.1, 0.15) is 29.0 Å². The molecule has 3 heterocycles. The van der Waals surface area contributed by atoms with Gasteiger partial charge in [-0.3, -0.25) is 4.79 Å². The molecule has 1 atom stereocenters. The van der Waals surface area contributed by atoms with E-state index in [0.29, 0.717) is 12.4 Å². The first-order chi connectivity index (χ1) is 12.4. The Morgan fingerprint density at radius 1 is 1.42 bits per heavy atom. The van der Waals surface area contributed by atoms with Gasteiger partial charge in [0.1, 0.15) is 16.9 Å². The number of nitrogens with zero attached hydrogens (tertiary/aromatic N) is 4. The Kier molecular flexibility index (Phi) is 5.16. The Balaban J connectivity index is 1.84. The summed E-state index contributed by atoms with van der Waals surface area (Å²) in [5.41, 5.74) is 11.4. The minimum absolute atomic E-state index is 0.0433. The van der Waals surface area contributed by atoms with Crippen LogP contribution in [0.4, 0.5) is 21.4 Å². The van der Waals surface area contributed by atoms with Crippen LogP contribution in [0.25, 0.3) is 0 Å². The minimum atomic E-state index is -0.796. The van der Waals surface area contributed by atoms with E-state index in [2.05, 4.69) is 19.7 Å². The highest BCUT2D eigenvalue weighted by Crippen LogP contribution is 2.25. The molecule has 1 aliphatic rings. The van der Waals surface area contributed by atoms with Gasteiger partial charge in [0.05, 0.1) is 18.4 Å². The molecule has 3 rings (SSSR count). The maximum Gasteiger partial charge on any atom is 0.404 e. The number of carbonyl (C=O) groups excluding carboxylic acids is 2. The van der Waals surface area contributed by atoms with Gasteiger partial charge >= 0.3 is 6.09 Å². The van der Waals surface area contributed by atoms with Crippen molar-refractivity contribution < 1.29 is 14.3 Å². The van der Waals surface area contributed by atoms with E-state index >= 15 is 0 Å². The van der Waals surface area contributed by atoms with Crippen molar-refractivity contribution in [2.24, 2.45) is 11.5 Å². The first-order valence-corrected chi connectivity index (χ1v) is 8.78. The number of hydrogen-bond donors (Lipinski definition) is 3. The molecule has 11 heteroatoms. The number of nitrogens with one attached hydrogen (secondary N) is 1. The maximum atomic E-state index is 11.7. The molecular weight excluding hydrogens is 358 g/mol. The molecule has 138 valence electrons. The number of aryl methyl sites for hydroxylation is 1. The highest BCUT2D eigenvalue weighted by molar-refractivity contribution is 7.10. The molecule has 26 heavy (non-hydrogen) atoms. The third-order valence-electron chi connectivity index (χ3n) is 3.85. The van der Waals surface area contributed by atoms with Crippen molar-refractivity contribution in [2.75, 3.05) is 23.3 Å². The van der Waals surface area contributed by atoms with Gasteiger partial charge in [0.15, 0.2) is 11.5 Å². The average Bonchev–Trinajstić information content (AvgIpc) is 2.99. The fourth-order valence-corrected chi connectivity index (χ4v) is 3.41. The molecule has 1 fully saturated rings. The van der Waals surface area contributed by atoms with Crippen molar-refractivity contribution in [3.05, 3.63) is 23.7 Å². The number of aromatic nitrogens is 3. The molecule has 10 nitrogen and oxygen atoms in total. The summed E-state index contributed by atoms with van der Waals surface area (Å²) in [4.78, 5) is 33.2. The van der Waals surface area contributed by atoms with Crippen molar-refractivity contribution in [1.29, 1.82) is 0 Å². The lowest BCUT2D eigenvalue weighted by atomic mass is 10.1. The second-order valence-corrected chi connectivity index (χ2v) is 6.70. The van der Waals surface area contributed by atoms with E-state index in [9.17, 15) is 9.59 Å². The Morgan fingerprint density at radius 3 is 2.88 bits per heavy atom. The van der Waals surface area contributed by atoms with Gasteiger partial charge < -0.3 is 26.4 Å². The van der Waals surface area contributed by atoms with Crippen molar-refractivity contribution in [3.8, 4) is 0 Å². The van der Waals surface area contributed by atoms with Crippen molar-refractivity contribution >= 4 is 40.2 Å². The summed E-state index contributed by atoms with van der Waals surface area (Å²) in [6.45, 7) is 3.04. The molecule has 1 aliphatic heterocycles.